The quantitative estimate of drug-likeness (QED) is 0.796. The Morgan fingerprint density at radius 3 is 2.48 bits per heavy atom. The number of ether oxygens (including phenoxy) is 2. The molecule has 2 amide bonds. The summed E-state index contributed by atoms with van der Waals surface area (Å²) in [5, 5.41) is 0. The fraction of sp³-hybridized carbons (Fsp3) is 0.800. The second kappa shape index (κ2) is 7.80. The molecule has 27 heavy (non-hydrogen) atoms. The SMILES string of the molecule is CC1(C)CC(c2nccn2C2CCN(C(=O)N3CCOCC3)CC2)CCO1. The molecule has 3 saturated heterocycles. The number of rotatable bonds is 2. The molecule has 4 heterocycles. The van der Waals surface area contributed by atoms with Gasteiger partial charge in [-0.1, -0.05) is 0 Å². The van der Waals surface area contributed by atoms with Crippen LogP contribution in [0.2, 0.25) is 0 Å². The average molecular weight is 377 g/mol. The Morgan fingerprint density at radius 2 is 1.78 bits per heavy atom. The first-order valence-electron chi connectivity index (χ1n) is 10.3. The van der Waals surface area contributed by atoms with E-state index in [1.807, 2.05) is 16.0 Å². The average Bonchev–Trinajstić information content (AvgIpc) is 3.17. The third-order valence-corrected chi connectivity index (χ3v) is 6.17. The van der Waals surface area contributed by atoms with Gasteiger partial charge in [-0.25, -0.2) is 9.78 Å². The number of nitrogens with zero attached hydrogens (tertiary/aromatic N) is 4. The van der Waals surface area contributed by atoms with Gasteiger partial charge in [0.15, 0.2) is 0 Å². The number of carbonyl (C=O) groups excluding carboxylic acids is 1. The van der Waals surface area contributed by atoms with Crippen molar-refractivity contribution in [1.82, 2.24) is 19.4 Å². The van der Waals surface area contributed by atoms with Gasteiger partial charge in [0.1, 0.15) is 5.82 Å². The number of morpholine rings is 1. The van der Waals surface area contributed by atoms with Crippen molar-refractivity contribution in [3.63, 3.8) is 0 Å². The number of amides is 2. The summed E-state index contributed by atoms with van der Waals surface area (Å²) in [7, 11) is 0. The van der Waals surface area contributed by atoms with E-state index in [1.165, 1.54) is 5.82 Å². The highest BCUT2D eigenvalue weighted by Gasteiger charge is 2.34. The zero-order valence-corrected chi connectivity index (χ0v) is 16.6. The van der Waals surface area contributed by atoms with Crippen LogP contribution in [-0.4, -0.2) is 77.0 Å². The summed E-state index contributed by atoms with van der Waals surface area (Å²) in [5.74, 6) is 1.65. The molecule has 0 bridgehead atoms. The van der Waals surface area contributed by atoms with Gasteiger partial charge in [-0.3, -0.25) is 0 Å². The molecule has 0 radical (unpaired) electrons. The van der Waals surface area contributed by atoms with Crippen LogP contribution in [0.25, 0.3) is 0 Å². The van der Waals surface area contributed by atoms with Crippen molar-refractivity contribution < 1.29 is 14.3 Å². The Bertz CT molecular complexity index is 645. The number of aromatic nitrogens is 2. The highest BCUT2D eigenvalue weighted by atomic mass is 16.5. The van der Waals surface area contributed by atoms with Gasteiger partial charge in [0, 0.05) is 57.1 Å². The van der Waals surface area contributed by atoms with Crippen LogP contribution in [-0.2, 0) is 9.47 Å². The lowest BCUT2D eigenvalue weighted by molar-refractivity contribution is -0.0608. The molecule has 7 heteroatoms. The van der Waals surface area contributed by atoms with Crippen LogP contribution in [0.15, 0.2) is 12.4 Å². The molecule has 0 aromatic carbocycles. The second-order valence-electron chi connectivity index (χ2n) is 8.59. The minimum absolute atomic E-state index is 0.0758. The predicted octanol–water partition coefficient (Wildman–Crippen LogP) is 2.64. The van der Waals surface area contributed by atoms with E-state index in [2.05, 4.69) is 24.6 Å². The van der Waals surface area contributed by atoms with Crippen molar-refractivity contribution in [3.8, 4) is 0 Å². The van der Waals surface area contributed by atoms with E-state index < -0.39 is 0 Å². The van der Waals surface area contributed by atoms with E-state index in [9.17, 15) is 4.79 Å². The molecule has 1 unspecified atom stereocenters. The molecular weight excluding hydrogens is 344 g/mol. The second-order valence-corrected chi connectivity index (χ2v) is 8.59. The number of carbonyl (C=O) groups is 1. The Kier molecular flexibility index (Phi) is 5.41. The standard InChI is InChI=1S/C20H32N4O3/c1-20(2)15-16(5-12-27-20)18-21-6-9-24(18)17-3-7-22(8-4-17)19(25)23-10-13-26-14-11-23/h6,9,16-17H,3-5,7-8,10-15H2,1-2H3. The summed E-state index contributed by atoms with van der Waals surface area (Å²) in [4.78, 5) is 21.3. The zero-order chi connectivity index (χ0) is 18.9. The number of piperidine rings is 1. The zero-order valence-electron chi connectivity index (χ0n) is 16.6. The number of urea groups is 1. The minimum atomic E-state index is -0.0758. The maximum Gasteiger partial charge on any atom is 0.320 e. The van der Waals surface area contributed by atoms with Crippen LogP contribution in [0.5, 0.6) is 0 Å². The van der Waals surface area contributed by atoms with Crippen LogP contribution in [0.3, 0.4) is 0 Å². The molecule has 1 aromatic heterocycles. The maximum atomic E-state index is 12.7. The molecule has 4 rings (SSSR count). The van der Waals surface area contributed by atoms with Crippen molar-refractivity contribution in [3.05, 3.63) is 18.2 Å². The van der Waals surface area contributed by atoms with E-state index in [1.54, 1.807) is 0 Å². The lowest BCUT2D eigenvalue weighted by atomic mass is 9.87. The predicted molar refractivity (Wildman–Crippen MR) is 102 cm³/mol. The van der Waals surface area contributed by atoms with Gasteiger partial charge in [-0.2, -0.15) is 0 Å². The molecule has 3 aliphatic rings. The van der Waals surface area contributed by atoms with Crippen molar-refractivity contribution >= 4 is 6.03 Å². The molecule has 150 valence electrons. The number of imidazole rings is 1. The minimum Gasteiger partial charge on any atom is -0.378 e. The van der Waals surface area contributed by atoms with Gasteiger partial charge in [0.2, 0.25) is 0 Å². The number of hydrogen-bond donors (Lipinski definition) is 0. The molecule has 1 atom stereocenters. The first kappa shape index (κ1) is 18.7. The summed E-state index contributed by atoms with van der Waals surface area (Å²) in [5.41, 5.74) is -0.0758. The molecule has 3 aliphatic heterocycles. The highest BCUT2D eigenvalue weighted by Crippen LogP contribution is 2.37. The Balaban J connectivity index is 1.38. The van der Waals surface area contributed by atoms with Crippen LogP contribution in [0.4, 0.5) is 4.79 Å². The lowest BCUT2D eigenvalue weighted by Crippen LogP contribution is -2.50. The summed E-state index contributed by atoms with van der Waals surface area (Å²) in [6.45, 7) is 9.51. The van der Waals surface area contributed by atoms with E-state index in [0.29, 0.717) is 38.3 Å². The monoisotopic (exact) mass is 376 g/mol. The normalized spacial score (nSPS) is 27.0. The van der Waals surface area contributed by atoms with Gasteiger partial charge < -0.3 is 23.8 Å². The third-order valence-electron chi connectivity index (χ3n) is 6.17. The number of hydrogen-bond acceptors (Lipinski definition) is 4. The van der Waals surface area contributed by atoms with Crippen LogP contribution in [0.1, 0.15) is 57.3 Å². The highest BCUT2D eigenvalue weighted by molar-refractivity contribution is 5.74. The molecule has 1 aromatic rings. The van der Waals surface area contributed by atoms with Crippen molar-refractivity contribution in [2.45, 2.75) is 57.1 Å². The first-order valence-corrected chi connectivity index (χ1v) is 10.3. The largest absolute Gasteiger partial charge is 0.378 e. The van der Waals surface area contributed by atoms with E-state index in [4.69, 9.17) is 14.5 Å². The van der Waals surface area contributed by atoms with Gasteiger partial charge >= 0.3 is 6.03 Å². The van der Waals surface area contributed by atoms with Crippen molar-refractivity contribution in [2.75, 3.05) is 46.0 Å². The Morgan fingerprint density at radius 1 is 1.07 bits per heavy atom. The fourth-order valence-corrected chi connectivity index (χ4v) is 4.69. The summed E-state index contributed by atoms with van der Waals surface area (Å²) < 4.78 is 13.6. The summed E-state index contributed by atoms with van der Waals surface area (Å²) in [6.07, 6.45) is 8.09. The first-order chi connectivity index (χ1) is 13.0. The summed E-state index contributed by atoms with van der Waals surface area (Å²) in [6, 6.07) is 0.607. The third kappa shape index (κ3) is 4.14. The van der Waals surface area contributed by atoms with Gasteiger partial charge in [0.05, 0.1) is 18.8 Å². The van der Waals surface area contributed by atoms with Gasteiger partial charge in [0.25, 0.3) is 0 Å². The Hall–Kier alpha value is -1.60. The van der Waals surface area contributed by atoms with Crippen LogP contribution in [0, 0.1) is 0 Å². The molecule has 0 N–H and O–H groups in total. The van der Waals surface area contributed by atoms with E-state index in [-0.39, 0.29) is 11.6 Å². The number of likely N-dealkylation sites (tertiary alicyclic amines) is 1. The smallest absolute Gasteiger partial charge is 0.320 e. The fourth-order valence-electron chi connectivity index (χ4n) is 4.69. The van der Waals surface area contributed by atoms with E-state index in [0.717, 1.165) is 45.4 Å². The van der Waals surface area contributed by atoms with E-state index >= 15 is 0 Å². The van der Waals surface area contributed by atoms with Crippen molar-refractivity contribution in [1.29, 1.82) is 0 Å². The van der Waals surface area contributed by atoms with Crippen LogP contribution < -0.4 is 0 Å². The topological polar surface area (TPSA) is 59.8 Å². The summed E-state index contributed by atoms with van der Waals surface area (Å²) >= 11 is 0. The van der Waals surface area contributed by atoms with Gasteiger partial charge in [-0.15, -0.1) is 0 Å². The van der Waals surface area contributed by atoms with Gasteiger partial charge in [-0.05, 0) is 39.5 Å². The van der Waals surface area contributed by atoms with Crippen molar-refractivity contribution in [2.24, 2.45) is 0 Å². The lowest BCUT2D eigenvalue weighted by Gasteiger charge is -2.39. The molecule has 7 nitrogen and oxygen atoms in total. The molecule has 0 spiro atoms. The van der Waals surface area contributed by atoms with Crippen LogP contribution >= 0.6 is 0 Å². The maximum absolute atomic E-state index is 12.7. The molecule has 0 saturated carbocycles. The molecule has 0 aliphatic carbocycles. The molecular formula is C20H32N4O3. The Labute approximate surface area is 161 Å². The molecule has 3 fully saturated rings.